The number of para-hydroxylation sites is 2. The van der Waals surface area contributed by atoms with E-state index in [1.807, 2.05) is 72.8 Å². The Morgan fingerprint density at radius 3 is 1.38 bits per heavy atom. The zero-order valence-corrected chi connectivity index (χ0v) is 38.7. The highest BCUT2D eigenvalue weighted by molar-refractivity contribution is 6.34. The molecule has 0 saturated heterocycles. The maximum absolute atomic E-state index is 7.06. The molecule has 0 amide bonds. The molecular weight excluding hydrogens is 886 g/mol. The zero-order chi connectivity index (χ0) is 44.4. The van der Waals surface area contributed by atoms with Crippen molar-refractivity contribution in [2.45, 2.75) is 45.4 Å². The second-order valence-corrected chi connectivity index (χ2v) is 18.4. The van der Waals surface area contributed by atoms with Gasteiger partial charge < -0.3 is 14.9 Å². The SMILES string of the molecule is NCCCCCN(Cc1cc2c3ccccc3n(Cc3cccc(Cl)c3)c2c(-c2ccccc2Cl)n1)Cc1cc2c3ccccc3n(Cc3cccc(Cl)c3)c2c(-c2ccccc2Cl)n1. The predicted octanol–water partition coefficient (Wildman–Crippen LogP) is 14.9. The fourth-order valence-electron chi connectivity index (χ4n) is 9.39. The Kier molecular flexibility index (Phi) is 12.6. The number of hydrogen-bond acceptors (Lipinski definition) is 4. The molecule has 0 atom stereocenters. The normalized spacial score (nSPS) is 11.8. The zero-order valence-electron chi connectivity index (χ0n) is 35.7. The summed E-state index contributed by atoms with van der Waals surface area (Å²) < 4.78 is 4.71. The van der Waals surface area contributed by atoms with Crippen molar-refractivity contribution in [3.8, 4) is 22.5 Å². The van der Waals surface area contributed by atoms with Gasteiger partial charge in [-0.25, -0.2) is 9.97 Å². The van der Waals surface area contributed by atoms with Crippen LogP contribution in [-0.4, -0.2) is 37.1 Å². The van der Waals surface area contributed by atoms with E-state index in [2.05, 4.69) is 99.0 Å². The summed E-state index contributed by atoms with van der Waals surface area (Å²) in [6, 6.07) is 53.8. The number of hydrogen-bond donors (Lipinski definition) is 1. The number of fused-ring (bicyclic) bond motifs is 6. The molecule has 4 heterocycles. The molecule has 6 aromatic carbocycles. The lowest BCUT2D eigenvalue weighted by Gasteiger charge is -2.23. The summed E-state index contributed by atoms with van der Waals surface area (Å²) in [5.41, 5.74) is 17.9. The van der Waals surface area contributed by atoms with Gasteiger partial charge in [0.1, 0.15) is 0 Å². The molecule has 6 nitrogen and oxygen atoms in total. The third-order valence-corrected chi connectivity index (χ3v) is 13.4. The Balaban J connectivity index is 1.12. The van der Waals surface area contributed by atoms with Crippen molar-refractivity contribution in [2.75, 3.05) is 13.1 Å². The van der Waals surface area contributed by atoms with Gasteiger partial charge in [0.15, 0.2) is 0 Å². The first-order chi connectivity index (χ1) is 31.8. The summed E-state index contributed by atoms with van der Waals surface area (Å²) in [4.78, 5) is 13.6. The minimum Gasteiger partial charge on any atom is -0.334 e. The molecule has 10 rings (SSSR count). The van der Waals surface area contributed by atoms with E-state index in [1.165, 1.54) is 0 Å². The minimum atomic E-state index is 0.585. The Labute approximate surface area is 398 Å². The van der Waals surface area contributed by atoms with Crippen molar-refractivity contribution >= 4 is 90.0 Å². The minimum absolute atomic E-state index is 0.585. The molecule has 0 fully saturated rings. The van der Waals surface area contributed by atoms with Crippen LogP contribution in [0.15, 0.2) is 158 Å². The van der Waals surface area contributed by atoms with Crippen LogP contribution >= 0.6 is 46.4 Å². The Morgan fingerprint density at radius 2 is 0.923 bits per heavy atom. The van der Waals surface area contributed by atoms with Gasteiger partial charge in [0.2, 0.25) is 0 Å². The highest BCUT2D eigenvalue weighted by atomic mass is 35.5. The molecule has 65 heavy (non-hydrogen) atoms. The van der Waals surface area contributed by atoms with Crippen LogP contribution in [0.4, 0.5) is 0 Å². The molecule has 4 aromatic heterocycles. The number of aromatic nitrogens is 4. The molecule has 0 spiro atoms. The van der Waals surface area contributed by atoms with E-state index in [9.17, 15) is 0 Å². The van der Waals surface area contributed by atoms with Crippen molar-refractivity contribution in [3.05, 3.63) is 200 Å². The van der Waals surface area contributed by atoms with Crippen LogP contribution in [0.3, 0.4) is 0 Å². The van der Waals surface area contributed by atoms with Crippen molar-refractivity contribution in [1.29, 1.82) is 0 Å². The fourth-order valence-corrected chi connectivity index (χ4v) is 10.3. The van der Waals surface area contributed by atoms with E-state index in [0.29, 0.717) is 52.8 Å². The van der Waals surface area contributed by atoms with Gasteiger partial charge in [-0.15, -0.1) is 0 Å². The molecule has 0 aliphatic heterocycles. The van der Waals surface area contributed by atoms with E-state index in [0.717, 1.165) is 114 Å². The number of unbranched alkanes of at least 4 members (excludes halogenated alkanes) is 2. The van der Waals surface area contributed by atoms with Crippen molar-refractivity contribution in [2.24, 2.45) is 5.73 Å². The first-order valence-electron chi connectivity index (χ1n) is 22.1. The Morgan fingerprint density at radius 1 is 0.462 bits per heavy atom. The molecular formula is C55H46Cl4N6. The first kappa shape index (κ1) is 43.2. The Bertz CT molecular complexity index is 3140. The number of nitrogens with two attached hydrogens (primary N) is 1. The highest BCUT2D eigenvalue weighted by Gasteiger charge is 2.23. The molecule has 0 aliphatic carbocycles. The lowest BCUT2D eigenvalue weighted by Crippen LogP contribution is -2.25. The van der Waals surface area contributed by atoms with E-state index in [4.69, 9.17) is 62.1 Å². The third kappa shape index (κ3) is 8.87. The lowest BCUT2D eigenvalue weighted by molar-refractivity contribution is 0.245. The molecule has 324 valence electrons. The van der Waals surface area contributed by atoms with Crippen LogP contribution in [-0.2, 0) is 26.2 Å². The fraction of sp³-hybridized carbons (Fsp3) is 0.164. The molecule has 10 heteroatoms. The summed E-state index contributed by atoms with van der Waals surface area (Å²) >= 11 is 27.2. The second kappa shape index (κ2) is 19.0. The summed E-state index contributed by atoms with van der Waals surface area (Å²) in [7, 11) is 0. The summed E-state index contributed by atoms with van der Waals surface area (Å²) in [6.45, 7) is 3.90. The van der Waals surface area contributed by atoms with Crippen LogP contribution in [0.25, 0.3) is 66.1 Å². The van der Waals surface area contributed by atoms with E-state index in [-0.39, 0.29) is 0 Å². The number of rotatable bonds is 15. The lowest BCUT2D eigenvalue weighted by atomic mass is 10.1. The summed E-state index contributed by atoms with van der Waals surface area (Å²) in [6.07, 6.45) is 2.97. The van der Waals surface area contributed by atoms with Crippen LogP contribution in [0.5, 0.6) is 0 Å². The number of nitrogens with zero attached hydrogens (tertiary/aromatic N) is 5. The predicted molar refractivity (Wildman–Crippen MR) is 273 cm³/mol. The van der Waals surface area contributed by atoms with Gasteiger partial charge in [-0.1, -0.05) is 150 Å². The van der Waals surface area contributed by atoms with E-state index < -0.39 is 0 Å². The molecule has 0 saturated carbocycles. The van der Waals surface area contributed by atoms with Crippen LogP contribution in [0.2, 0.25) is 20.1 Å². The largest absolute Gasteiger partial charge is 0.334 e. The topological polar surface area (TPSA) is 64.9 Å². The van der Waals surface area contributed by atoms with Gasteiger partial charge in [-0.3, -0.25) is 4.90 Å². The standard InChI is InChI=1S/C55H46Cl4N6/c56-38-16-12-14-36(28-38)32-64-50-24-8-4-18-42(50)46-30-40(61-52(54(46)64)44-20-2-6-22-48(44)58)34-63(27-11-1-10-26-60)35-41-31-47-43-19-5-9-25-51(43)65(33-37-15-13-17-39(57)29-37)55(47)53(62-41)45-21-3-7-23-49(45)59/h2-9,12-25,28-31H,1,10-11,26-27,32-35,60H2. The average Bonchev–Trinajstić information content (AvgIpc) is 3.79. The average molecular weight is 933 g/mol. The van der Waals surface area contributed by atoms with Gasteiger partial charge in [0.05, 0.1) is 43.9 Å². The van der Waals surface area contributed by atoms with Crippen molar-refractivity contribution in [3.63, 3.8) is 0 Å². The maximum Gasteiger partial charge on any atom is 0.0964 e. The van der Waals surface area contributed by atoms with Crippen LogP contribution < -0.4 is 5.73 Å². The monoisotopic (exact) mass is 930 g/mol. The van der Waals surface area contributed by atoms with E-state index >= 15 is 0 Å². The summed E-state index contributed by atoms with van der Waals surface area (Å²) in [5.74, 6) is 0. The third-order valence-electron chi connectivity index (χ3n) is 12.3. The number of pyridine rings is 2. The maximum atomic E-state index is 7.06. The number of halogens is 4. The quantitative estimate of drug-likeness (QED) is 0.104. The molecule has 10 aromatic rings. The second-order valence-electron chi connectivity index (χ2n) is 16.7. The van der Waals surface area contributed by atoms with Crippen molar-refractivity contribution in [1.82, 2.24) is 24.0 Å². The summed E-state index contributed by atoms with van der Waals surface area (Å²) in [5, 5.41) is 7.27. The van der Waals surface area contributed by atoms with Gasteiger partial charge in [-0.05, 0) is 97.7 Å². The van der Waals surface area contributed by atoms with Gasteiger partial charge in [0.25, 0.3) is 0 Å². The van der Waals surface area contributed by atoms with Crippen molar-refractivity contribution < 1.29 is 0 Å². The Hall–Kier alpha value is -5.70. The molecule has 0 unspecified atom stereocenters. The smallest absolute Gasteiger partial charge is 0.0964 e. The van der Waals surface area contributed by atoms with Crippen LogP contribution in [0, 0.1) is 0 Å². The molecule has 0 bridgehead atoms. The van der Waals surface area contributed by atoms with E-state index in [1.54, 1.807) is 0 Å². The van der Waals surface area contributed by atoms with Gasteiger partial charge in [-0.2, -0.15) is 0 Å². The highest BCUT2D eigenvalue weighted by Crippen LogP contribution is 2.41. The number of benzene rings is 6. The molecule has 0 aliphatic rings. The first-order valence-corrected chi connectivity index (χ1v) is 23.6. The molecule has 0 radical (unpaired) electrons. The van der Waals surface area contributed by atoms with Crippen LogP contribution in [0.1, 0.15) is 41.8 Å². The van der Waals surface area contributed by atoms with Gasteiger partial charge in [0, 0.05) is 79.9 Å². The van der Waals surface area contributed by atoms with Gasteiger partial charge >= 0.3 is 0 Å². The molecule has 2 N–H and O–H groups in total.